The quantitative estimate of drug-likeness (QED) is 0.867. The Hall–Kier alpha value is -1.45. The monoisotopic (exact) mass is 307 g/mol. The van der Waals surface area contributed by atoms with E-state index in [4.69, 9.17) is 26.5 Å². The normalized spacial score (nSPS) is 12.7. The van der Waals surface area contributed by atoms with E-state index >= 15 is 0 Å². The third kappa shape index (κ3) is 3.60. The first-order chi connectivity index (χ1) is 9.92. The zero-order chi connectivity index (χ0) is 15.6. The van der Waals surface area contributed by atoms with Gasteiger partial charge in [0.05, 0.1) is 0 Å². The van der Waals surface area contributed by atoms with Crippen LogP contribution in [0.2, 0.25) is 5.02 Å². The van der Waals surface area contributed by atoms with Gasteiger partial charge in [-0.05, 0) is 55.2 Å². The van der Waals surface area contributed by atoms with Gasteiger partial charge in [-0.2, -0.15) is 0 Å². The van der Waals surface area contributed by atoms with Crippen molar-refractivity contribution in [2.75, 3.05) is 6.54 Å². The molecule has 0 spiro atoms. The highest BCUT2D eigenvalue weighted by Crippen LogP contribution is 2.33. The first-order valence-electron chi connectivity index (χ1n) is 7.15. The number of aryl methyl sites for hydroxylation is 2. The zero-order valence-corrected chi connectivity index (χ0v) is 13.7. The summed E-state index contributed by atoms with van der Waals surface area (Å²) in [6.45, 7) is 8.45. The molecule has 3 nitrogen and oxygen atoms in total. The van der Waals surface area contributed by atoms with Crippen LogP contribution in [-0.2, 0) is 0 Å². The molecule has 0 saturated carbocycles. The Morgan fingerprint density at radius 3 is 2.48 bits per heavy atom. The minimum absolute atomic E-state index is 0.293. The van der Waals surface area contributed by atoms with Crippen LogP contribution in [0, 0.1) is 13.8 Å². The molecule has 2 aromatic rings. The van der Waals surface area contributed by atoms with Crippen LogP contribution < -0.4 is 10.5 Å². The highest BCUT2D eigenvalue weighted by molar-refractivity contribution is 6.31. The molecule has 21 heavy (non-hydrogen) atoms. The van der Waals surface area contributed by atoms with Gasteiger partial charge < -0.3 is 14.9 Å². The van der Waals surface area contributed by atoms with Crippen molar-refractivity contribution in [2.24, 2.45) is 5.73 Å². The number of ether oxygens (including phenoxy) is 1. The molecule has 4 heteroatoms. The molecular formula is C17H22ClNO2. The van der Waals surface area contributed by atoms with Gasteiger partial charge in [0.15, 0.2) is 6.10 Å². The number of furan rings is 1. The second-order valence-electron chi connectivity index (χ2n) is 5.58. The van der Waals surface area contributed by atoms with Gasteiger partial charge in [0, 0.05) is 11.6 Å². The van der Waals surface area contributed by atoms with E-state index < -0.39 is 0 Å². The predicted octanol–water partition coefficient (Wildman–Crippen LogP) is 4.75. The lowest BCUT2D eigenvalue weighted by Crippen LogP contribution is -2.18. The van der Waals surface area contributed by atoms with Crippen LogP contribution in [-0.4, -0.2) is 6.54 Å². The lowest BCUT2D eigenvalue weighted by atomic mass is 10.0. The summed E-state index contributed by atoms with van der Waals surface area (Å²) in [5.41, 5.74) is 7.89. The van der Waals surface area contributed by atoms with E-state index in [0.717, 1.165) is 33.4 Å². The molecule has 0 aliphatic carbocycles. The largest absolute Gasteiger partial charge is 0.481 e. The summed E-state index contributed by atoms with van der Waals surface area (Å²) in [7, 11) is 0. The molecular weight excluding hydrogens is 286 g/mol. The molecule has 0 aliphatic heterocycles. The van der Waals surface area contributed by atoms with E-state index in [0.29, 0.717) is 12.5 Å². The maximum absolute atomic E-state index is 6.29. The molecule has 0 fully saturated rings. The number of hydrogen-bond acceptors (Lipinski definition) is 3. The van der Waals surface area contributed by atoms with E-state index in [1.807, 2.05) is 38.1 Å². The van der Waals surface area contributed by atoms with Crippen LogP contribution in [0.4, 0.5) is 0 Å². The first-order valence-corrected chi connectivity index (χ1v) is 7.53. The number of nitrogens with two attached hydrogens (primary N) is 1. The molecule has 0 aliphatic rings. The lowest BCUT2D eigenvalue weighted by Gasteiger charge is -2.19. The molecule has 2 rings (SSSR count). The standard InChI is InChI=1S/C17H22ClNO2/c1-10(2)13-8-16(11(3)7-14(13)18)21-17(9-19)15-6-5-12(4)20-15/h5-8,10,17H,9,19H2,1-4H3. The third-order valence-corrected chi connectivity index (χ3v) is 3.81. The molecule has 0 amide bonds. The Morgan fingerprint density at radius 2 is 1.95 bits per heavy atom. The van der Waals surface area contributed by atoms with Gasteiger partial charge >= 0.3 is 0 Å². The van der Waals surface area contributed by atoms with Crippen LogP contribution in [0.15, 0.2) is 28.7 Å². The summed E-state index contributed by atoms with van der Waals surface area (Å²) in [6.07, 6.45) is -0.293. The van der Waals surface area contributed by atoms with E-state index in [1.54, 1.807) is 0 Å². The Morgan fingerprint density at radius 1 is 1.24 bits per heavy atom. The molecule has 2 N–H and O–H groups in total. The van der Waals surface area contributed by atoms with Gasteiger partial charge in [-0.3, -0.25) is 0 Å². The van der Waals surface area contributed by atoms with E-state index in [9.17, 15) is 0 Å². The van der Waals surface area contributed by atoms with Crippen molar-refractivity contribution in [1.29, 1.82) is 0 Å². The van der Waals surface area contributed by atoms with Crippen LogP contribution in [0.3, 0.4) is 0 Å². The van der Waals surface area contributed by atoms with Gasteiger partial charge in [-0.25, -0.2) is 0 Å². The van der Waals surface area contributed by atoms with Crippen LogP contribution >= 0.6 is 11.6 Å². The van der Waals surface area contributed by atoms with Crippen molar-refractivity contribution in [2.45, 2.75) is 39.7 Å². The fourth-order valence-corrected chi connectivity index (χ4v) is 2.68. The number of rotatable bonds is 5. The van der Waals surface area contributed by atoms with E-state index in [-0.39, 0.29) is 6.10 Å². The average molecular weight is 308 g/mol. The third-order valence-electron chi connectivity index (χ3n) is 3.48. The molecule has 1 unspecified atom stereocenters. The Kier molecular flexibility index (Phi) is 4.96. The van der Waals surface area contributed by atoms with Gasteiger partial charge in [0.1, 0.15) is 17.3 Å². The highest BCUT2D eigenvalue weighted by atomic mass is 35.5. The van der Waals surface area contributed by atoms with Crippen molar-refractivity contribution in [3.8, 4) is 5.75 Å². The summed E-state index contributed by atoms with van der Waals surface area (Å²) >= 11 is 6.29. The smallest absolute Gasteiger partial charge is 0.168 e. The second-order valence-corrected chi connectivity index (χ2v) is 5.99. The van der Waals surface area contributed by atoms with Crippen molar-refractivity contribution in [1.82, 2.24) is 0 Å². The lowest BCUT2D eigenvalue weighted by molar-refractivity contribution is 0.181. The summed E-state index contributed by atoms with van der Waals surface area (Å²) < 4.78 is 11.7. The zero-order valence-electron chi connectivity index (χ0n) is 12.9. The average Bonchev–Trinajstić information content (AvgIpc) is 2.84. The second kappa shape index (κ2) is 6.54. The summed E-state index contributed by atoms with van der Waals surface area (Å²) in [5, 5.41) is 0.771. The summed E-state index contributed by atoms with van der Waals surface area (Å²) in [6, 6.07) is 7.76. The van der Waals surface area contributed by atoms with Crippen molar-refractivity contribution >= 4 is 11.6 Å². The van der Waals surface area contributed by atoms with Crippen molar-refractivity contribution in [3.63, 3.8) is 0 Å². The first kappa shape index (κ1) is 15.9. The van der Waals surface area contributed by atoms with Gasteiger partial charge in [-0.15, -0.1) is 0 Å². The van der Waals surface area contributed by atoms with Crippen LogP contribution in [0.25, 0.3) is 0 Å². The predicted molar refractivity (Wildman–Crippen MR) is 86.1 cm³/mol. The summed E-state index contributed by atoms with van der Waals surface area (Å²) in [5.74, 6) is 2.73. The number of benzene rings is 1. The fourth-order valence-electron chi connectivity index (χ4n) is 2.24. The van der Waals surface area contributed by atoms with E-state index in [1.165, 1.54) is 0 Å². The maximum atomic E-state index is 6.29. The number of halogens is 1. The molecule has 0 radical (unpaired) electrons. The molecule has 0 bridgehead atoms. The minimum Gasteiger partial charge on any atom is -0.481 e. The van der Waals surface area contributed by atoms with E-state index in [2.05, 4.69) is 13.8 Å². The SMILES string of the molecule is Cc1ccc(C(CN)Oc2cc(C(C)C)c(Cl)cc2C)o1. The Bertz CT molecular complexity index is 619. The van der Waals surface area contributed by atoms with Gasteiger partial charge in [0.25, 0.3) is 0 Å². The molecule has 0 saturated heterocycles. The molecule has 114 valence electrons. The van der Waals surface area contributed by atoms with Gasteiger partial charge in [-0.1, -0.05) is 25.4 Å². The molecule has 1 atom stereocenters. The number of hydrogen-bond donors (Lipinski definition) is 1. The Balaban J connectivity index is 2.31. The van der Waals surface area contributed by atoms with Crippen LogP contribution in [0.5, 0.6) is 5.75 Å². The van der Waals surface area contributed by atoms with Crippen molar-refractivity contribution in [3.05, 3.63) is 51.9 Å². The maximum Gasteiger partial charge on any atom is 0.168 e. The molecule has 1 heterocycles. The van der Waals surface area contributed by atoms with Gasteiger partial charge in [0.2, 0.25) is 0 Å². The van der Waals surface area contributed by atoms with Crippen molar-refractivity contribution < 1.29 is 9.15 Å². The summed E-state index contributed by atoms with van der Waals surface area (Å²) in [4.78, 5) is 0. The minimum atomic E-state index is -0.293. The topological polar surface area (TPSA) is 48.4 Å². The van der Waals surface area contributed by atoms with Crippen LogP contribution in [0.1, 0.15) is 48.5 Å². The Labute approximate surface area is 131 Å². The molecule has 1 aromatic carbocycles. The molecule has 1 aromatic heterocycles. The fraction of sp³-hybridized carbons (Fsp3) is 0.412. The highest BCUT2D eigenvalue weighted by Gasteiger charge is 2.18.